The molecule has 0 unspecified atom stereocenters. The number of hydrogen-bond donors (Lipinski definition) is 6. The molecule has 204 valence electrons. The number of amides is 4. The molecule has 1 rings (SSSR count). The second kappa shape index (κ2) is 15.9. The number of rotatable bonds is 16. The van der Waals surface area contributed by atoms with Gasteiger partial charge in [-0.1, -0.05) is 12.1 Å². The van der Waals surface area contributed by atoms with Crippen molar-refractivity contribution in [3.8, 4) is 11.5 Å². The Labute approximate surface area is 213 Å². The van der Waals surface area contributed by atoms with E-state index in [0.717, 1.165) is 0 Å². The highest BCUT2D eigenvalue weighted by Crippen LogP contribution is 2.32. The molecule has 14 nitrogen and oxygen atoms in total. The number of carbonyl (C=O) groups is 6. The van der Waals surface area contributed by atoms with E-state index in [4.69, 9.17) is 32.4 Å². The van der Waals surface area contributed by atoms with E-state index >= 15 is 0 Å². The number of aryl methyl sites for hydroxylation is 1. The van der Waals surface area contributed by atoms with Crippen molar-refractivity contribution in [1.29, 1.82) is 0 Å². The Kier molecular flexibility index (Phi) is 13.3. The molecular weight excluding hydrogens is 488 g/mol. The molecule has 0 aliphatic carbocycles. The summed E-state index contributed by atoms with van der Waals surface area (Å²) in [4.78, 5) is 72.2. The van der Waals surface area contributed by atoms with E-state index in [1.54, 1.807) is 13.0 Å². The SMILES string of the molecule is Cc1cccc(OC(=O)[C@H](CCC(N)=O)NC(=O)CCN)c1OC(=O)[C@H](CCC(N)=O)NC(=O)CCN. The molecule has 10 N–H and O–H groups in total. The van der Waals surface area contributed by atoms with Crippen molar-refractivity contribution >= 4 is 35.6 Å². The van der Waals surface area contributed by atoms with Gasteiger partial charge in [0, 0.05) is 38.8 Å². The first-order valence-corrected chi connectivity index (χ1v) is 11.6. The predicted molar refractivity (Wildman–Crippen MR) is 131 cm³/mol. The number of primary amides is 2. The van der Waals surface area contributed by atoms with Crippen LogP contribution < -0.4 is 43.0 Å². The second-order valence-corrected chi connectivity index (χ2v) is 8.07. The van der Waals surface area contributed by atoms with Crippen LogP contribution in [0.3, 0.4) is 0 Å². The van der Waals surface area contributed by atoms with Gasteiger partial charge in [-0.2, -0.15) is 0 Å². The van der Waals surface area contributed by atoms with Gasteiger partial charge in [0.2, 0.25) is 23.6 Å². The maximum absolute atomic E-state index is 12.9. The van der Waals surface area contributed by atoms with Crippen LogP contribution in [0.5, 0.6) is 11.5 Å². The fraction of sp³-hybridized carbons (Fsp3) is 0.478. The van der Waals surface area contributed by atoms with Crippen LogP contribution in [0.15, 0.2) is 18.2 Å². The van der Waals surface area contributed by atoms with E-state index in [1.807, 2.05) is 0 Å². The van der Waals surface area contributed by atoms with Crippen LogP contribution in [0.2, 0.25) is 0 Å². The quantitative estimate of drug-likeness (QED) is 0.103. The first-order valence-electron chi connectivity index (χ1n) is 11.6. The summed E-state index contributed by atoms with van der Waals surface area (Å²) in [6.45, 7) is 1.67. The highest BCUT2D eigenvalue weighted by molar-refractivity contribution is 5.88. The maximum Gasteiger partial charge on any atom is 0.334 e. The summed E-state index contributed by atoms with van der Waals surface area (Å²) in [5, 5.41) is 4.88. The summed E-state index contributed by atoms with van der Waals surface area (Å²) in [5.74, 6) is -4.58. The molecule has 0 fully saturated rings. The minimum atomic E-state index is -1.23. The normalized spacial score (nSPS) is 12.1. The molecule has 0 aromatic heterocycles. The molecule has 0 spiro atoms. The van der Waals surface area contributed by atoms with Gasteiger partial charge in [0.1, 0.15) is 12.1 Å². The molecule has 37 heavy (non-hydrogen) atoms. The summed E-state index contributed by atoms with van der Waals surface area (Å²) >= 11 is 0. The van der Waals surface area contributed by atoms with E-state index in [-0.39, 0.29) is 63.1 Å². The van der Waals surface area contributed by atoms with Crippen LogP contribution in [0.25, 0.3) is 0 Å². The Morgan fingerprint density at radius 2 is 1.22 bits per heavy atom. The first kappa shape index (κ1) is 31.0. The minimum Gasteiger partial charge on any atom is -0.421 e. The monoisotopic (exact) mass is 522 g/mol. The molecule has 0 aliphatic rings. The van der Waals surface area contributed by atoms with Crippen molar-refractivity contribution in [3.05, 3.63) is 23.8 Å². The Hall–Kier alpha value is -4.04. The van der Waals surface area contributed by atoms with Gasteiger partial charge in [0.15, 0.2) is 11.5 Å². The summed E-state index contributed by atoms with van der Waals surface area (Å²) in [7, 11) is 0. The topological polar surface area (TPSA) is 249 Å². The van der Waals surface area contributed by atoms with Crippen LogP contribution >= 0.6 is 0 Å². The predicted octanol–water partition coefficient (Wildman–Crippen LogP) is -2.00. The fourth-order valence-electron chi connectivity index (χ4n) is 3.05. The van der Waals surface area contributed by atoms with Crippen molar-refractivity contribution in [1.82, 2.24) is 10.6 Å². The lowest BCUT2D eigenvalue weighted by Gasteiger charge is -2.20. The van der Waals surface area contributed by atoms with Crippen molar-refractivity contribution in [2.45, 2.75) is 57.5 Å². The molecule has 0 aliphatic heterocycles. The molecule has 1 aromatic carbocycles. The van der Waals surface area contributed by atoms with Gasteiger partial charge in [0.25, 0.3) is 0 Å². The van der Waals surface area contributed by atoms with Crippen molar-refractivity contribution < 1.29 is 38.2 Å². The number of nitrogens with one attached hydrogen (secondary N) is 2. The molecule has 0 bridgehead atoms. The molecule has 0 saturated carbocycles. The lowest BCUT2D eigenvalue weighted by molar-refractivity contribution is -0.141. The largest absolute Gasteiger partial charge is 0.421 e. The molecule has 14 heteroatoms. The Morgan fingerprint density at radius 3 is 1.65 bits per heavy atom. The molecule has 2 atom stereocenters. The van der Waals surface area contributed by atoms with Gasteiger partial charge in [-0.3, -0.25) is 19.2 Å². The zero-order valence-corrected chi connectivity index (χ0v) is 20.6. The van der Waals surface area contributed by atoms with E-state index in [0.29, 0.717) is 5.56 Å². The Morgan fingerprint density at radius 1 is 0.757 bits per heavy atom. The van der Waals surface area contributed by atoms with Gasteiger partial charge in [-0.05, 0) is 31.4 Å². The van der Waals surface area contributed by atoms with Crippen LogP contribution in [-0.4, -0.2) is 60.7 Å². The molecule has 0 saturated heterocycles. The van der Waals surface area contributed by atoms with Crippen molar-refractivity contribution in [2.24, 2.45) is 22.9 Å². The minimum absolute atomic E-state index is 0.0417. The van der Waals surface area contributed by atoms with Crippen molar-refractivity contribution in [3.63, 3.8) is 0 Å². The molecular formula is C23H34N6O8. The third kappa shape index (κ3) is 11.5. The van der Waals surface area contributed by atoms with Gasteiger partial charge in [-0.15, -0.1) is 0 Å². The lowest BCUT2D eigenvalue weighted by Crippen LogP contribution is -2.44. The standard InChI is InChI=1S/C23H34N6O8/c1-13-3-2-4-16(36-22(34)14(5-7-17(26)30)28-19(32)9-11-24)21(13)37-23(35)15(6-8-18(27)31)29-20(33)10-12-25/h2-4,14-15H,5-12,24-25H2,1H3,(H2,26,30)(H2,27,31)(H,28,32)(H,29,33)/t14-,15-/m0/s1. The summed E-state index contributed by atoms with van der Waals surface area (Å²) in [6, 6.07) is 2.02. The van der Waals surface area contributed by atoms with Gasteiger partial charge >= 0.3 is 11.9 Å². The van der Waals surface area contributed by atoms with E-state index in [9.17, 15) is 28.8 Å². The summed E-state index contributed by atoms with van der Waals surface area (Å²) in [5.41, 5.74) is 21.5. The maximum atomic E-state index is 12.9. The summed E-state index contributed by atoms with van der Waals surface area (Å²) in [6.07, 6.45) is -0.793. The molecule has 4 amide bonds. The Balaban J connectivity index is 3.14. The number of hydrogen-bond acceptors (Lipinski definition) is 10. The van der Waals surface area contributed by atoms with Crippen LogP contribution in [0, 0.1) is 6.92 Å². The number of esters is 2. The third-order valence-electron chi connectivity index (χ3n) is 4.93. The highest BCUT2D eigenvalue weighted by atomic mass is 16.6. The van der Waals surface area contributed by atoms with Gasteiger partial charge in [0.05, 0.1) is 0 Å². The first-order chi connectivity index (χ1) is 17.5. The smallest absolute Gasteiger partial charge is 0.334 e. The van der Waals surface area contributed by atoms with Crippen molar-refractivity contribution in [2.75, 3.05) is 13.1 Å². The molecule has 1 aromatic rings. The summed E-state index contributed by atoms with van der Waals surface area (Å²) < 4.78 is 10.9. The zero-order valence-electron chi connectivity index (χ0n) is 20.6. The van der Waals surface area contributed by atoms with Crippen LogP contribution in [0.1, 0.15) is 44.1 Å². The van der Waals surface area contributed by atoms with Crippen LogP contribution in [-0.2, 0) is 28.8 Å². The second-order valence-electron chi connectivity index (χ2n) is 8.07. The average Bonchev–Trinajstić information content (AvgIpc) is 2.81. The lowest BCUT2D eigenvalue weighted by atomic mass is 10.1. The average molecular weight is 523 g/mol. The third-order valence-corrected chi connectivity index (χ3v) is 4.93. The van der Waals surface area contributed by atoms with Gasteiger partial charge in [-0.25, -0.2) is 9.59 Å². The highest BCUT2D eigenvalue weighted by Gasteiger charge is 2.28. The van der Waals surface area contributed by atoms with Crippen LogP contribution in [0.4, 0.5) is 0 Å². The van der Waals surface area contributed by atoms with Gasteiger partial charge < -0.3 is 43.0 Å². The van der Waals surface area contributed by atoms with E-state index in [2.05, 4.69) is 10.6 Å². The molecule has 0 heterocycles. The Bertz CT molecular complexity index is 999. The zero-order chi connectivity index (χ0) is 28.0. The fourth-order valence-corrected chi connectivity index (χ4v) is 3.05. The van der Waals surface area contributed by atoms with E-state index < -0.39 is 47.7 Å². The number of benzene rings is 1. The number of carbonyl (C=O) groups excluding carboxylic acids is 6. The molecule has 0 radical (unpaired) electrons. The van der Waals surface area contributed by atoms with E-state index in [1.165, 1.54) is 12.1 Å². The number of para-hydroxylation sites is 1. The number of ether oxygens (including phenoxy) is 2. The number of nitrogens with two attached hydrogens (primary N) is 4.